The van der Waals surface area contributed by atoms with E-state index in [4.69, 9.17) is 9.47 Å². The minimum Gasteiger partial charge on any atom is -0.481 e. The first-order valence-electron chi connectivity index (χ1n) is 10.4. The predicted molar refractivity (Wildman–Crippen MR) is 121 cm³/mol. The van der Waals surface area contributed by atoms with E-state index in [9.17, 15) is 4.79 Å². The molecule has 31 heavy (non-hydrogen) atoms. The number of rotatable bonds is 7. The van der Waals surface area contributed by atoms with Crippen LogP contribution in [-0.2, 0) is 11.3 Å². The number of methoxy groups -OCH3 is 1. The fraction of sp³-hybridized carbons (Fsp3) is 0.455. The highest BCUT2D eigenvalue weighted by molar-refractivity contribution is 7.20. The van der Waals surface area contributed by atoms with Crippen LogP contribution < -0.4 is 10.1 Å². The van der Waals surface area contributed by atoms with E-state index in [1.54, 1.807) is 31.6 Å². The van der Waals surface area contributed by atoms with Crippen LogP contribution in [0.5, 0.6) is 5.88 Å². The zero-order valence-corrected chi connectivity index (χ0v) is 18.9. The molecule has 1 atom stereocenters. The van der Waals surface area contributed by atoms with Crippen LogP contribution in [-0.4, -0.2) is 59.7 Å². The van der Waals surface area contributed by atoms with Crippen LogP contribution >= 0.6 is 11.3 Å². The predicted octanol–water partition coefficient (Wildman–Crippen LogP) is 3.51. The summed E-state index contributed by atoms with van der Waals surface area (Å²) in [4.78, 5) is 29.4. The number of amides is 1. The monoisotopic (exact) mass is 441 g/mol. The van der Waals surface area contributed by atoms with Gasteiger partial charge in [0.05, 0.1) is 24.0 Å². The molecule has 1 unspecified atom stereocenters. The van der Waals surface area contributed by atoms with Gasteiger partial charge >= 0.3 is 0 Å². The summed E-state index contributed by atoms with van der Waals surface area (Å²) in [6.45, 7) is 4.85. The molecule has 164 valence electrons. The third-order valence-electron chi connectivity index (χ3n) is 5.51. The van der Waals surface area contributed by atoms with Crippen molar-refractivity contribution in [3.8, 4) is 5.88 Å². The van der Waals surface area contributed by atoms with Crippen molar-refractivity contribution in [2.45, 2.75) is 26.3 Å². The zero-order valence-electron chi connectivity index (χ0n) is 18.1. The van der Waals surface area contributed by atoms with Gasteiger partial charge in [0.15, 0.2) is 0 Å². The first-order chi connectivity index (χ1) is 15.1. The number of thiophene rings is 1. The van der Waals surface area contributed by atoms with Gasteiger partial charge < -0.3 is 19.7 Å². The number of aryl methyl sites for hydroxylation is 1. The van der Waals surface area contributed by atoms with E-state index < -0.39 is 0 Å². The second kappa shape index (κ2) is 9.57. The summed E-state index contributed by atoms with van der Waals surface area (Å²) in [5.41, 5.74) is 1.87. The van der Waals surface area contributed by atoms with Crippen LogP contribution in [0.15, 0.2) is 24.7 Å². The third-order valence-corrected chi connectivity index (χ3v) is 6.70. The summed E-state index contributed by atoms with van der Waals surface area (Å²) in [7, 11) is 3.38. The van der Waals surface area contributed by atoms with E-state index in [0.717, 1.165) is 59.8 Å². The maximum Gasteiger partial charge on any atom is 0.264 e. The molecule has 8 nitrogen and oxygen atoms in total. The van der Waals surface area contributed by atoms with Crippen molar-refractivity contribution in [3.63, 3.8) is 0 Å². The molecular weight excluding hydrogens is 414 g/mol. The van der Waals surface area contributed by atoms with Crippen LogP contribution in [0.3, 0.4) is 0 Å². The van der Waals surface area contributed by atoms with Gasteiger partial charge in [-0.2, -0.15) is 0 Å². The van der Waals surface area contributed by atoms with Crippen LogP contribution in [0.4, 0.5) is 5.82 Å². The second-order valence-electron chi connectivity index (χ2n) is 7.79. The van der Waals surface area contributed by atoms with Crippen molar-refractivity contribution in [2.24, 2.45) is 5.92 Å². The Bertz CT molecular complexity index is 1060. The number of pyridine rings is 1. The molecule has 1 aliphatic heterocycles. The summed E-state index contributed by atoms with van der Waals surface area (Å²) in [6, 6.07) is 3.72. The molecule has 0 saturated carbocycles. The van der Waals surface area contributed by atoms with Gasteiger partial charge in [0.25, 0.3) is 5.91 Å². The van der Waals surface area contributed by atoms with Crippen LogP contribution in [0, 0.1) is 12.8 Å². The molecule has 1 amide bonds. The summed E-state index contributed by atoms with van der Waals surface area (Å²) in [6.07, 6.45) is 5.48. The molecule has 0 bridgehead atoms. The Balaban J connectivity index is 1.53. The van der Waals surface area contributed by atoms with Crippen molar-refractivity contribution in [1.82, 2.24) is 19.9 Å². The lowest BCUT2D eigenvalue weighted by Crippen LogP contribution is -2.26. The Hall–Kier alpha value is -2.78. The largest absolute Gasteiger partial charge is 0.481 e. The van der Waals surface area contributed by atoms with Crippen molar-refractivity contribution < 1.29 is 14.3 Å². The molecule has 1 fully saturated rings. The summed E-state index contributed by atoms with van der Waals surface area (Å²) in [5, 5.41) is 4.38. The fourth-order valence-corrected chi connectivity index (χ4v) is 4.94. The Morgan fingerprint density at radius 2 is 2.26 bits per heavy atom. The quantitative estimate of drug-likeness (QED) is 0.600. The molecule has 0 aliphatic carbocycles. The molecule has 1 aliphatic rings. The number of nitrogens with zero attached hydrogens (tertiary/aromatic N) is 4. The fourth-order valence-electron chi connectivity index (χ4n) is 3.80. The van der Waals surface area contributed by atoms with Crippen molar-refractivity contribution in [1.29, 1.82) is 0 Å². The number of hydrogen-bond acceptors (Lipinski definition) is 8. The van der Waals surface area contributed by atoms with E-state index in [2.05, 4.69) is 20.3 Å². The van der Waals surface area contributed by atoms with Gasteiger partial charge in [-0.15, -0.1) is 11.3 Å². The average molecular weight is 442 g/mol. The van der Waals surface area contributed by atoms with E-state index in [1.807, 2.05) is 19.1 Å². The number of fused-ring (bicyclic) bond motifs is 1. The molecule has 0 aromatic carbocycles. The molecule has 4 heterocycles. The molecule has 1 saturated heterocycles. The highest BCUT2D eigenvalue weighted by Gasteiger charge is 2.23. The maximum atomic E-state index is 13.2. The maximum absolute atomic E-state index is 13.2. The molecule has 1 N–H and O–H groups in total. The molecule has 9 heteroatoms. The number of hydrogen-bond donors (Lipinski definition) is 1. The zero-order chi connectivity index (χ0) is 21.8. The summed E-state index contributed by atoms with van der Waals surface area (Å²) in [5.74, 6) is 1.75. The van der Waals surface area contributed by atoms with Gasteiger partial charge in [-0.3, -0.25) is 4.79 Å². The lowest BCUT2D eigenvalue weighted by atomic mass is 10.0. The molecule has 3 aromatic heterocycles. The van der Waals surface area contributed by atoms with Crippen LogP contribution in [0.1, 0.15) is 33.6 Å². The second-order valence-corrected chi connectivity index (χ2v) is 8.79. The standard InChI is InChI=1S/C22H27N5O3S/c1-14-18-20(24-10-16-5-4-8-30-12-16)25-13-26-21(18)31-19(14)22(28)27(2)11-15-6-7-23-17(9-15)29-3/h6-7,9,13,16H,4-5,8,10-12H2,1-3H3,(H,24,25,26). The lowest BCUT2D eigenvalue weighted by Gasteiger charge is -2.22. The summed E-state index contributed by atoms with van der Waals surface area (Å²) >= 11 is 1.41. The number of ether oxygens (including phenoxy) is 2. The Kier molecular flexibility index (Phi) is 6.62. The first-order valence-corrected chi connectivity index (χ1v) is 11.2. The van der Waals surface area contributed by atoms with Gasteiger partial charge in [-0.1, -0.05) is 0 Å². The topological polar surface area (TPSA) is 89.5 Å². The summed E-state index contributed by atoms with van der Waals surface area (Å²) < 4.78 is 10.8. The highest BCUT2D eigenvalue weighted by atomic mass is 32.1. The van der Waals surface area contributed by atoms with Crippen molar-refractivity contribution >= 4 is 33.3 Å². The SMILES string of the molecule is COc1cc(CN(C)C(=O)c2sc3ncnc(NCC4CCCOC4)c3c2C)ccn1. The Morgan fingerprint density at radius 3 is 3.03 bits per heavy atom. The number of aromatic nitrogens is 3. The Labute approximate surface area is 185 Å². The molecular formula is C22H27N5O3S. The number of carbonyl (C=O) groups is 1. The van der Waals surface area contributed by atoms with Gasteiger partial charge in [0.1, 0.15) is 17.0 Å². The number of carbonyl (C=O) groups excluding carboxylic acids is 1. The first kappa shape index (κ1) is 21.5. The van der Waals surface area contributed by atoms with E-state index in [-0.39, 0.29) is 5.91 Å². The molecule has 4 rings (SSSR count). The highest BCUT2D eigenvalue weighted by Crippen LogP contribution is 2.34. The van der Waals surface area contributed by atoms with Crippen LogP contribution in [0.2, 0.25) is 0 Å². The third kappa shape index (κ3) is 4.77. The lowest BCUT2D eigenvalue weighted by molar-refractivity contribution is 0.0595. The number of anilines is 1. The van der Waals surface area contributed by atoms with E-state index >= 15 is 0 Å². The van der Waals surface area contributed by atoms with E-state index in [0.29, 0.717) is 23.2 Å². The normalized spacial score (nSPS) is 16.3. The van der Waals surface area contributed by atoms with Crippen molar-refractivity contribution in [2.75, 3.05) is 39.2 Å². The van der Waals surface area contributed by atoms with Crippen LogP contribution in [0.25, 0.3) is 10.2 Å². The number of nitrogens with one attached hydrogen (secondary N) is 1. The van der Waals surface area contributed by atoms with Crippen molar-refractivity contribution in [3.05, 3.63) is 40.7 Å². The van der Waals surface area contributed by atoms with E-state index in [1.165, 1.54) is 11.3 Å². The van der Waals surface area contributed by atoms with Gasteiger partial charge in [0.2, 0.25) is 5.88 Å². The smallest absolute Gasteiger partial charge is 0.264 e. The molecule has 0 radical (unpaired) electrons. The average Bonchev–Trinajstić information content (AvgIpc) is 3.15. The van der Waals surface area contributed by atoms with Gasteiger partial charge in [-0.25, -0.2) is 15.0 Å². The van der Waals surface area contributed by atoms with Gasteiger partial charge in [0, 0.05) is 39.0 Å². The minimum absolute atomic E-state index is 0.0390. The molecule has 0 spiro atoms. The molecule has 3 aromatic rings. The minimum atomic E-state index is -0.0390. The van der Waals surface area contributed by atoms with Gasteiger partial charge in [-0.05, 0) is 42.9 Å². The Morgan fingerprint density at radius 1 is 1.39 bits per heavy atom.